The zero-order valence-electron chi connectivity index (χ0n) is 67.6. The average molecular weight is 1610 g/mol. The van der Waals surface area contributed by atoms with Gasteiger partial charge in [-0.25, -0.2) is 4.98 Å². The van der Waals surface area contributed by atoms with E-state index >= 15 is 0 Å². The first-order valence-electron chi connectivity index (χ1n) is 42.7. The van der Waals surface area contributed by atoms with E-state index in [0.717, 1.165) is 106 Å². The molecule has 0 unspecified atom stereocenters. The standard InChI is InChI=1S/C115H77N7Si2/c1-6-35-82(36-7-1)123(83-37-8-2-9-38-83,84-39-10-3-11-40-84)88-45-32-34-79(74-88)119-110-73-67-81(76-113(110)122-109-62-31-23-54-100(109)116-115(119)122)118-107-61-30-22-52-98(107)114-90(53-33-63-111(114)118)78-64-68-87(69-65-78)124(85-41-12-4-13-42-85,86-43-14-5-15-44-86)89-70-71-97(95-50-20-28-59-105(95)120-103-57-26-18-48-93(103)94-49-19-27-58-104(94)120)112(77-89)121-106-60-29-21-51-96(106)99-75-80(66-72-108(99)121)117-101-55-24-16-46-91(101)92-47-17-25-56-102(92)117/h1-77H. The molecule has 6 aromatic heterocycles. The van der Waals surface area contributed by atoms with Crippen LogP contribution in [0.2, 0.25) is 0 Å². The van der Waals surface area contributed by atoms with Gasteiger partial charge in [-0.05, 0) is 168 Å². The summed E-state index contributed by atoms with van der Waals surface area (Å²) < 4.78 is 14.8. The predicted molar refractivity (Wildman–Crippen MR) is 525 cm³/mol. The van der Waals surface area contributed by atoms with Crippen LogP contribution < -0.4 is 41.5 Å². The van der Waals surface area contributed by atoms with Crippen molar-refractivity contribution < 1.29 is 0 Å². The minimum absolute atomic E-state index is 0.861. The van der Waals surface area contributed by atoms with Gasteiger partial charge in [0.05, 0.1) is 77.6 Å². The number of fused-ring (bicyclic) bond motifs is 17. The summed E-state index contributed by atoms with van der Waals surface area (Å²) in [5, 5.41) is 20.1. The minimum Gasteiger partial charge on any atom is -0.309 e. The highest BCUT2D eigenvalue weighted by Crippen LogP contribution is 2.45. The Hall–Kier alpha value is -15.9. The van der Waals surface area contributed by atoms with Crippen molar-refractivity contribution >= 4 is 173 Å². The van der Waals surface area contributed by atoms with Crippen LogP contribution in [0.5, 0.6) is 0 Å². The molecule has 19 aromatic carbocycles. The molecule has 0 amide bonds. The lowest BCUT2D eigenvalue weighted by Gasteiger charge is -2.35. The van der Waals surface area contributed by atoms with Crippen molar-refractivity contribution in [3.63, 3.8) is 0 Å². The molecule has 0 aliphatic rings. The molecule has 0 N–H and O–H groups in total. The molecule has 0 saturated carbocycles. The number of para-hydroxylation sites is 9. The van der Waals surface area contributed by atoms with Crippen molar-refractivity contribution in [2.75, 3.05) is 0 Å². The molecule has 0 atom stereocenters. The van der Waals surface area contributed by atoms with Crippen molar-refractivity contribution in [1.82, 2.24) is 32.2 Å². The van der Waals surface area contributed by atoms with Crippen LogP contribution in [0.25, 0.3) is 166 Å². The highest BCUT2D eigenvalue weighted by Gasteiger charge is 2.44. The molecular formula is C115H77N7Si2. The maximum Gasteiger partial charge on any atom is 0.220 e. The molecule has 124 heavy (non-hydrogen) atoms. The SMILES string of the molecule is c1ccc([Si](c2ccccc2)(c2ccccc2)c2cccc(-n3c4ccc(-n5c6ccccc6c6c(-c7ccc([Si](c8ccccc8)(c8ccccc8)c8ccc(-c9ccccc9-n9c%10ccccc%10c%10ccccc%109)c(-n9c%10ccccc%10c%10cc(-n%11c%12ccccc%12c%12ccccc%12%11)ccc%109)c8)cc7)cccc65)cc4n4c5ccccc5nc34)c2)cc1. The van der Waals surface area contributed by atoms with Gasteiger partial charge in [0.15, 0.2) is 16.1 Å². The van der Waals surface area contributed by atoms with Crippen molar-refractivity contribution in [2.45, 2.75) is 0 Å². The summed E-state index contributed by atoms with van der Waals surface area (Å²) in [5.74, 6) is 0.861. The Morgan fingerprint density at radius 3 is 1.08 bits per heavy atom. The van der Waals surface area contributed by atoms with Gasteiger partial charge in [-0.15, -0.1) is 0 Å². The molecule has 0 fully saturated rings. The van der Waals surface area contributed by atoms with Crippen LogP contribution in [0, 0.1) is 0 Å². The van der Waals surface area contributed by atoms with Crippen LogP contribution in [0.4, 0.5) is 0 Å². The first kappa shape index (κ1) is 71.0. The molecule has 0 aliphatic heterocycles. The van der Waals surface area contributed by atoms with Crippen LogP contribution in [0.3, 0.4) is 0 Å². The zero-order chi connectivity index (χ0) is 81.6. The average Bonchev–Trinajstić information content (AvgIpc) is 1.51. The summed E-state index contributed by atoms with van der Waals surface area (Å²) in [6, 6.07) is 175. The monoisotopic (exact) mass is 1610 g/mol. The summed E-state index contributed by atoms with van der Waals surface area (Å²) >= 11 is 0. The lowest BCUT2D eigenvalue weighted by Crippen LogP contribution is -2.74. The quantitative estimate of drug-likeness (QED) is 0.0745. The van der Waals surface area contributed by atoms with Crippen LogP contribution in [0.15, 0.2) is 467 Å². The highest BCUT2D eigenvalue weighted by molar-refractivity contribution is 7.20. The predicted octanol–water partition coefficient (Wildman–Crippen LogP) is 22.9. The molecule has 25 aromatic rings. The first-order valence-corrected chi connectivity index (χ1v) is 46.7. The maximum atomic E-state index is 5.53. The number of hydrogen-bond donors (Lipinski definition) is 0. The topological polar surface area (TPSA) is 42.0 Å². The Balaban J connectivity index is 0.674. The summed E-state index contributed by atoms with van der Waals surface area (Å²) in [6.07, 6.45) is 0. The van der Waals surface area contributed by atoms with Gasteiger partial charge in [0.25, 0.3) is 0 Å². The van der Waals surface area contributed by atoms with Crippen LogP contribution >= 0.6 is 0 Å². The van der Waals surface area contributed by atoms with E-state index in [0.29, 0.717) is 0 Å². The van der Waals surface area contributed by atoms with Gasteiger partial charge in [0.1, 0.15) is 0 Å². The normalized spacial score (nSPS) is 12.2. The van der Waals surface area contributed by atoms with E-state index in [9.17, 15) is 0 Å². The van der Waals surface area contributed by atoms with Crippen molar-refractivity contribution in [3.05, 3.63) is 467 Å². The molecule has 0 saturated heterocycles. The van der Waals surface area contributed by atoms with Crippen LogP contribution in [-0.4, -0.2) is 48.4 Å². The van der Waals surface area contributed by atoms with E-state index in [1.54, 1.807) is 0 Å². The third kappa shape index (κ3) is 10.6. The minimum atomic E-state index is -3.36. The van der Waals surface area contributed by atoms with Gasteiger partial charge in [-0.3, -0.25) is 8.97 Å². The molecule has 0 spiro atoms. The third-order valence-electron chi connectivity index (χ3n) is 26.5. The number of hydrogen-bond acceptors (Lipinski definition) is 1. The molecule has 6 heterocycles. The number of nitrogens with zero attached hydrogens (tertiary/aromatic N) is 7. The molecule has 25 rings (SSSR count). The molecule has 0 aliphatic carbocycles. The Morgan fingerprint density at radius 2 is 0.532 bits per heavy atom. The number of imidazole rings is 2. The van der Waals surface area contributed by atoms with E-state index in [1.807, 2.05) is 0 Å². The molecule has 7 nitrogen and oxygen atoms in total. The molecular weight excluding hydrogens is 1540 g/mol. The van der Waals surface area contributed by atoms with Crippen LogP contribution in [0.1, 0.15) is 0 Å². The van der Waals surface area contributed by atoms with E-state index < -0.39 is 16.1 Å². The number of aromatic nitrogens is 7. The van der Waals surface area contributed by atoms with E-state index in [1.165, 1.54) is 101 Å². The Morgan fingerprint density at radius 1 is 0.177 bits per heavy atom. The fourth-order valence-electron chi connectivity index (χ4n) is 21.4. The Bertz CT molecular complexity index is 8310. The van der Waals surface area contributed by atoms with E-state index in [-0.39, 0.29) is 0 Å². The summed E-state index contributed by atoms with van der Waals surface area (Å²) in [4.78, 5) is 5.53. The van der Waals surface area contributed by atoms with Crippen molar-refractivity contribution in [1.29, 1.82) is 0 Å². The van der Waals surface area contributed by atoms with Crippen molar-refractivity contribution in [3.8, 4) is 50.7 Å². The smallest absolute Gasteiger partial charge is 0.220 e. The molecule has 9 heteroatoms. The van der Waals surface area contributed by atoms with E-state index in [4.69, 9.17) is 4.98 Å². The van der Waals surface area contributed by atoms with Crippen molar-refractivity contribution in [2.24, 2.45) is 0 Å². The largest absolute Gasteiger partial charge is 0.309 e. The maximum absolute atomic E-state index is 5.53. The van der Waals surface area contributed by atoms with Gasteiger partial charge in [0.2, 0.25) is 5.78 Å². The zero-order valence-corrected chi connectivity index (χ0v) is 69.6. The first-order chi connectivity index (χ1) is 61.6. The number of rotatable bonds is 15. The fraction of sp³-hybridized carbons (Fsp3) is 0. The highest BCUT2D eigenvalue weighted by atomic mass is 28.3. The Kier molecular flexibility index (Phi) is 16.3. The van der Waals surface area contributed by atoms with Gasteiger partial charge in [0, 0.05) is 71.3 Å². The summed E-state index contributed by atoms with van der Waals surface area (Å²) in [5.41, 5.74) is 23.4. The lowest BCUT2D eigenvalue weighted by molar-refractivity contribution is 1.11. The third-order valence-corrected chi connectivity index (χ3v) is 36.1. The summed E-state index contributed by atoms with van der Waals surface area (Å²) in [6.45, 7) is 0. The Labute approximate surface area is 717 Å². The molecule has 0 radical (unpaired) electrons. The van der Waals surface area contributed by atoms with Gasteiger partial charge in [-0.2, -0.15) is 0 Å². The van der Waals surface area contributed by atoms with E-state index in [2.05, 4.69) is 494 Å². The van der Waals surface area contributed by atoms with Gasteiger partial charge >= 0.3 is 0 Å². The fourth-order valence-corrected chi connectivity index (χ4v) is 30.9. The number of benzene rings is 19. The second-order valence-electron chi connectivity index (χ2n) is 32.8. The molecule has 0 bridgehead atoms. The molecule has 580 valence electrons. The summed E-state index contributed by atoms with van der Waals surface area (Å²) in [7, 11) is -6.27. The lowest BCUT2D eigenvalue weighted by atomic mass is 9.99. The van der Waals surface area contributed by atoms with Crippen LogP contribution in [-0.2, 0) is 0 Å². The second-order valence-corrected chi connectivity index (χ2v) is 40.4. The van der Waals surface area contributed by atoms with Gasteiger partial charge in [-0.1, -0.05) is 352 Å². The second kappa shape index (κ2) is 28.4. The van der Waals surface area contributed by atoms with Gasteiger partial charge < -0.3 is 18.3 Å².